The van der Waals surface area contributed by atoms with Crippen LogP contribution in [0, 0.1) is 13.8 Å². The molecule has 142 valence electrons. The van der Waals surface area contributed by atoms with Crippen LogP contribution in [0.25, 0.3) is 0 Å². The van der Waals surface area contributed by atoms with Gasteiger partial charge in [0.25, 0.3) is 12.1 Å². The number of hydrogen-bond acceptors (Lipinski definition) is 6. The van der Waals surface area contributed by atoms with Gasteiger partial charge in [-0.3, -0.25) is 14.4 Å². The van der Waals surface area contributed by atoms with E-state index in [1.54, 1.807) is 16.9 Å². The Bertz CT molecular complexity index is 1040. The Morgan fingerprint density at radius 3 is 2.82 bits per heavy atom. The molecule has 2 aliphatic heterocycles. The van der Waals surface area contributed by atoms with Crippen LogP contribution in [-0.2, 0) is 17.9 Å². The van der Waals surface area contributed by atoms with Crippen molar-refractivity contribution in [3.8, 4) is 5.75 Å². The highest BCUT2D eigenvalue weighted by Gasteiger charge is 2.50. The van der Waals surface area contributed by atoms with Gasteiger partial charge in [0.05, 0.1) is 30.7 Å². The van der Waals surface area contributed by atoms with E-state index >= 15 is 0 Å². The van der Waals surface area contributed by atoms with Crippen LogP contribution in [0.1, 0.15) is 22.6 Å². The molecule has 0 saturated carbocycles. The quantitative estimate of drug-likeness (QED) is 0.648. The molecule has 4 heterocycles. The van der Waals surface area contributed by atoms with Crippen LogP contribution in [-0.4, -0.2) is 38.0 Å². The minimum Gasteiger partial charge on any atom is -0.460 e. The number of amides is 3. The smallest absolute Gasteiger partial charge is 0.335 e. The number of rotatable bonds is 3. The third kappa shape index (κ3) is 2.39. The number of nitrogens with zero attached hydrogens (tertiary/aromatic N) is 5. The van der Waals surface area contributed by atoms with Crippen molar-refractivity contribution in [1.29, 1.82) is 0 Å². The van der Waals surface area contributed by atoms with E-state index in [-0.39, 0.29) is 0 Å². The lowest BCUT2D eigenvalue weighted by atomic mass is 10.1. The Kier molecular flexibility index (Phi) is 3.51. The molecule has 1 fully saturated rings. The average Bonchev–Trinajstić information content (AvgIpc) is 3.34. The minimum atomic E-state index is -0.951. The van der Waals surface area contributed by atoms with Gasteiger partial charge < -0.3 is 9.26 Å². The Hall–Kier alpha value is -3.62. The molecule has 5 rings (SSSR count). The lowest BCUT2D eigenvalue weighted by molar-refractivity contribution is -0.128. The summed E-state index contributed by atoms with van der Waals surface area (Å²) in [5, 5.41) is 8.22. The topological polar surface area (TPSA) is 93.7 Å². The molecule has 1 unspecified atom stereocenters. The summed E-state index contributed by atoms with van der Waals surface area (Å²) >= 11 is 0. The summed E-state index contributed by atoms with van der Waals surface area (Å²) in [5.74, 6) is 0.920. The molecule has 0 N–H and O–H groups in total. The zero-order valence-electron chi connectivity index (χ0n) is 15.3. The molecular formula is C19H17N5O4. The van der Waals surface area contributed by atoms with E-state index in [1.165, 1.54) is 11.1 Å². The third-order valence-electron chi connectivity index (χ3n) is 5.08. The number of carbonyl (C=O) groups is 2. The van der Waals surface area contributed by atoms with Crippen LogP contribution in [0.5, 0.6) is 5.75 Å². The van der Waals surface area contributed by atoms with Crippen LogP contribution in [0.4, 0.5) is 10.5 Å². The third-order valence-corrected chi connectivity index (χ3v) is 5.08. The molecule has 9 heteroatoms. The first kappa shape index (κ1) is 16.5. The molecule has 28 heavy (non-hydrogen) atoms. The standard InChI is InChI=1S/C19H17N5O4/c1-11-15(12(2)28-21-11)10-22-9-14(7-20-22)24-17(25)18-23(19(24)26)8-13-5-3-4-6-16(13)27-18/h3-7,9,18H,8,10H2,1-2H3. The first-order chi connectivity index (χ1) is 13.5. The fraction of sp³-hybridized carbons (Fsp3) is 0.263. The van der Waals surface area contributed by atoms with Crippen molar-refractivity contribution in [2.75, 3.05) is 4.90 Å². The van der Waals surface area contributed by atoms with Gasteiger partial charge in [-0.25, -0.2) is 9.69 Å². The van der Waals surface area contributed by atoms with E-state index in [0.717, 1.165) is 21.7 Å². The Balaban J connectivity index is 1.42. The molecule has 0 aliphatic carbocycles. The summed E-state index contributed by atoms with van der Waals surface area (Å²) in [4.78, 5) is 28.3. The second-order valence-electron chi connectivity index (χ2n) is 6.86. The lowest BCUT2D eigenvalue weighted by Crippen LogP contribution is -2.42. The number of carbonyl (C=O) groups excluding carboxylic acids is 2. The summed E-state index contributed by atoms with van der Waals surface area (Å²) in [6.07, 6.45) is 2.21. The molecule has 2 aliphatic rings. The molecule has 9 nitrogen and oxygen atoms in total. The highest BCUT2D eigenvalue weighted by molar-refractivity contribution is 6.20. The number of aromatic nitrogens is 3. The zero-order valence-corrected chi connectivity index (χ0v) is 15.3. The van der Waals surface area contributed by atoms with Crippen LogP contribution >= 0.6 is 0 Å². The molecule has 2 aromatic heterocycles. The average molecular weight is 379 g/mol. The maximum absolute atomic E-state index is 12.9. The van der Waals surface area contributed by atoms with Crippen molar-refractivity contribution < 1.29 is 18.8 Å². The maximum Gasteiger partial charge on any atom is 0.335 e. The fourth-order valence-corrected chi connectivity index (χ4v) is 3.57. The van der Waals surface area contributed by atoms with Gasteiger partial charge in [0.1, 0.15) is 11.5 Å². The summed E-state index contributed by atoms with van der Waals surface area (Å²) in [6.45, 7) is 4.46. The molecule has 1 atom stereocenters. The summed E-state index contributed by atoms with van der Waals surface area (Å²) in [6, 6.07) is 6.98. The van der Waals surface area contributed by atoms with Crippen molar-refractivity contribution >= 4 is 17.6 Å². The molecular weight excluding hydrogens is 362 g/mol. The largest absolute Gasteiger partial charge is 0.460 e. The first-order valence-corrected chi connectivity index (χ1v) is 8.86. The maximum atomic E-state index is 12.9. The van der Waals surface area contributed by atoms with Crippen molar-refractivity contribution in [1.82, 2.24) is 19.8 Å². The second kappa shape index (κ2) is 5.95. The monoisotopic (exact) mass is 379 g/mol. The molecule has 0 spiro atoms. The van der Waals surface area contributed by atoms with Gasteiger partial charge in [0, 0.05) is 17.3 Å². The van der Waals surface area contributed by atoms with Crippen LogP contribution in [0.2, 0.25) is 0 Å². The SMILES string of the molecule is Cc1noc(C)c1Cn1cc(N2C(=O)C3Oc4ccccc4CN3C2=O)cn1. The number of para-hydroxylation sites is 1. The van der Waals surface area contributed by atoms with Gasteiger partial charge in [-0.15, -0.1) is 0 Å². The van der Waals surface area contributed by atoms with Crippen molar-refractivity contribution in [3.05, 3.63) is 59.2 Å². The lowest BCUT2D eigenvalue weighted by Gasteiger charge is -2.28. The number of anilines is 1. The Morgan fingerprint density at radius 1 is 1.21 bits per heavy atom. The highest BCUT2D eigenvalue weighted by Crippen LogP contribution is 2.34. The number of benzene rings is 1. The minimum absolute atomic E-state index is 0.329. The van der Waals surface area contributed by atoms with Crippen LogP contribution in [0.15, 0.2) is 41.2 Å². The molecule has 1 aromatic carbocycles. The second-order valence-corrected chi connectivity index (χ2v) is 6.86. The van der Waals surface area contributed by atoms with Crippen molar-refractivity contribution in [2.24, 2.45) is 0 Å². The normalized spacial score (nSPS) is 18.3. The van der Waals surface area contributed by atoms with Gasteiger partial charge in [-0.2, -0.15) is 5.10 Å². The van der Waals surface area contributed by atoms with Gasteiger partial charge in [-0.1, -0.05) is 23.4 Å². The van der Waals surface area contributed by atoms with Crippen LogP contribution in [0.3, 0.4) is 0 Å². The van der Waals surface area contributed by atoms with Gasteiger partial charge >= 0.3 is 6.03 Å². The van der Waals surface area contributed by atoms with E-state index < -0.39 is 18.2 Å². The van der Waals surface area contributed by atoms with E-state index in [2.05, 4.69) is 10.3 Å². The summed E-state index contributed by atoms with van der Waals surface area (Å²) < 4.78 is 12.6. The number of urea groups is 1. The Labute approximate surface area is 160 Å². The van der Waals surface area contributed by atoms with Crippen molar-refractivity contribution in [3.63, 3.8) is 0 Å². The number of aryl methyl sites for hydroxylation is 2. The number of imide groups is 1. The van der Waals surface area contributed by atoms with E-state index in [1.807, 2.05) is 32.0 Å². The molecule has 1 saturated heterocycles. The number of hydrogen-bond donors (Lipinski definition) is 0. The molecule has 0 bridgehead atoms. The van der Waals surface area contributed by atoms with E-state index in [9.17, 15) is 9.59 Å². The van der Waals surface area contributed by atoms with Gasteiger partial charge in [0.2, 0.25) is 0 Å². The Morgan fingerprint density at radius 2 is 2.04 bits per heavy atom. The molecule has 3 aromatic rings. The molecule has 0 radical (unpaired) electrons. The zero-order chi connectivity index (χ0) is 19.4. The van der Waals surface area contributed by atoms with Crippen LogP contribution < -0.4 is 9.64 Å². The predicted molar refractivity (Wildman–Crippen MR) is 96.6 cm³/mol. The summed E-state index contributed by atoms with van der Waals surface area (Å²) in [7, 11) is 0. The van der Waals surface area contributed by atoms with Crippen molar-refractivity contribution in [2.45, 2.75) is 33.2 Å². The first-order valence-electron chi connectivity index (χ1n) is 8.86. The van der Waals surface area contributed by atoms with E-state index in [0.29, 0.717) is 30.3 Å². The molecule has 3 amide bonds. The highest BCUT2D eigenvalue weighted by atomic mass is 16.5. The van der Waals surface area contributed by atoms with Gasteiger partial charge in [0.15, 0.2) is 0 Å². The fourth-order valence-electron chi connectivity index (χ4n) is 3.57. The van der Waals surface area contributed by atoms with E-state index in [4.69, 9.17) is 9.26 Å². The predicted octanol–water partition coefficient (Wildman–Crippen LogP) is 2.22. The summed E-state index contributed by atoms with van der Waals surface area (Å²) in [5.41, 5.74) is 2.98. The number of ether oxygens (including phenoxy) is 1. The number of fused-ring (bicyclic) bond motifs is 2. The van der Waals surface area contributed by atoms with Gasteiger partial charge in [-0.05, 0) is 19.9 Å².